The average molecular weight is 468 g/mol. The molecule has 3 aromatic rings. The van der Waals surface area contributed by atoms with Crippen LogP contribution in [0.2, 0.25) is 0 Å². The molecule has 7 nitrogen and oxygen atoms in total. The lowest BCUT2D eigenvalue weighted by Crippen LogP contribution is -2.32. The predicted octanol–water partition coefficient (Wildman–Crippen LogP) is 3.90. The van der Waals surface area contributed by atoms with Crippen LogP contribution in [0, 0.1) is 13.8 Å². The number of hydrogen-bond donors (Lipinski definition) is 1. The van der Waals surface area contributed by atoms with Gasteiger partial charge in [0.1, 0.15) is 16.3 Å². The van der Waals surface area contributed by atoms with E-state index in [0.29, 0.717) is 31.0 Å². The van der Waals surface area contributed by atoms with Crippen molar-refractivity contribution in [3.8, 4) is 5.75 Å². The van der Waals surface area contributed by atoms with Gasteiger partial charge in [0.15, 0.2) is 0 Å². The Balaban J connectivity index is 1.71. The summed E-state index contributed by atoms with van der Waals surface area (Å²) in [6, 6.07) is 12.6. The summed E-state index contributed by atoms with van der Waals surface area (Å²) >= 11 is 0. The maximum Gasteiger partial charge on any atom is 0.283 e. The number of carbonyl (C=O) groups is 1. The second-order valence-electron chi connectivity index (χ2n) is 9.47. The minimum atomic E-state index is -4.13. The van der Waals surface area contributed by atoms with Crippen molar-refractivity contribution >= 4 is 15.9 Å². The number of aromatic nitrogens is 2. The molecule has 0 saturated carbocycles. The Kier molecular flexibility index (Phi) is 5.82. The molecular weight excluding hydrogens is 438 g/mol. The zero-order chi connectivity index (χ0) is 24.0. The molecule has 174 valence electrons. The maximum atomic E-state index is 13.3. The zero-order valence-corrected chi connectivity index (χ0v) is 20.4. The highest BCUT2D eigenvalue weighted by Crippen LogP contribution is 2.32. The van der Waals surface area contributed by atoms with Gasteiger partial charge >= 0.3 is 0 Å². The normalized spacial score (nSPS) is 13.5. The highest BCUT2D eigenvalue weighted by Gasteiger charge is 2.30. The molecule has 1 N–H and O–H groups in total. The van der Waals surface area contributed by atoms with E-state index in [2.05, 4.69) is 9.82 Å². The number of ether oxygens (including phenoxy) is 1. The minimum Gasteiger partial charge on any atom is -0.492 e. The first-order chi connectivity index (χ1) is 15.5. The van der Waals surface area contributed by atoms with Crippen LogP contribution in [-0.4, -0.2) is 30.7 Å². The smallest absolute Gasteiger partial charge is 0.283 e. The second kappa shape index (κ2) is 8.33. The molecule has 8 heteroatoms. The largest absolute Gasteiger partial charge is 0.492 e. The van der Waals surface area contributed by atoms with Gasteiger partial charge in [0.05, 0.1) is 18.8 Å². The Morgan fingerprint density at radius 2 is 1.79 bits per heavy atom. The number of fused-ring (bicyclic) bond motifs is 1. The Morgan fingerprint density at radius 3 is 2.45 bits per heavy atom. The van der Waals surface area contributed by atoms with E-state index in [9.17, 15) is 13.2 Å². The van der Waals surface area contributed by atoms with Crippen LogP contribution in [0.3, 0.4) is 0 Å². The summed E-state index contributed by atoms with van der Waals surface area (Å²) in [4.78, 5) is 13.2. The quantitative estimate of drug-likeness (QED) is 0.615. The molecule has 1 amide bonds. The van der Waals surface area contributed by atoms with Gasteiger partial charge in [0, 0.05) is 11.8 Å². The van der Waals surface area contributed by atoms with Crippen LogP contribution in [0.1, 0.15) is 59.2 Å². The Bertz CT molecular complexity index is 1310. The van der Waals surface area contributed by atoms with E-state index < -0.39 is 15.9 Å². The van der Waals surface area contributed by atoms with Gasteiger partial charge in [-0.3, -0.25) is 9.48 Å². The Morgan fingerprint density at radius 1 is 1.12 bits per heavy atom. The van der Waals surface area contributed by atoms with E-state index in [4.69, 9.17) is 4.74 Å². The van der Waals surface area contributed by atoms with E-state index in [1.807, 2.05) is 58.9 Å². The van der Waals surface area contributed by atoms with Crippen LogP contribution in [0.15, 0.2) is 47.4 Å². The maximum absolute atomic E-state index is 13.3. The lowest BCUT2D eigenvalue weighted by molar-refractivity contribution is 0.0971. The van der Waals surface area contributed by atoms with Gasteiger partial charge in [-0.15, -0.1) is 0 Å². The van der Waals surface area contributed by atoms with Gasteiger partial charge in [-0.1, -0.05) is 51.1 Å². The molecule has 0 saturated heterocycles. The molecule has 33 heavy (non-hydrogen) atoms. The Hall–Kier alpha value is -3.13. The highest BCUT2D eigenvalue weighted by molar-refractivity contribution is 7.90. The van der Waals surface area contributed by atoms with E-state index >= 15 is 0 Å². The molecule has 1 aliphatic heterocycles. The van der Waals surface area contributed by atoms with Crippen LogP contribution < -0.4 is 9.46 Å². The molecule has 4 rings (SSSR count). The fourth-order valence-corrected chi connectivity index (χ4v) is 5.11. The van der Waals surface area contributed by atoms with Crippen LogP contribution in [0.5, 0.6) is 5.75 Å². The molecule has 0 unspecified atom stereocenters. The second-order valence-corrected chi connectivity index (χ2v) is 11.1. The molecule has 0 fully saturated rings. The SMILES string of the molecule is Cc1cccc(C)c1Cn1nc(C(C)(C)C)cc1C(=O)NS(=O)(=O)c1cccc2c1OCC2. The minimum absolute atomic E-state index is 0.0253. The molecule has 0 radical (unpaired) electrons. The summed E-state index contributed by atoms with van der Waals surface area (Å²) in [5.41, 5.74) is 4.62. The van der Waals surface area contributed by atoms with Crippen molar-refractivity contribution in [3.63, 3.8) is 0 Å². The number of aryl methyl sites for hydroxylation is 2. The lowest BCUT2D eigenvalue weighted by Gasteiger charge is -2.15. The predicted molar refractivity (Wildman–Crippen MR) is 126 cm³/mol. The fourth-order valence-electron chi connectivity index (χ4n) is 3.96. The monoisotopic (exact) mass is 467 g/mol. The average Bonchev–Trinajstić information content (AvgIpc) is 3.37. The fraction of sp³-hybridized carbons (Fsp3) is 0.360. The topological polar surface area (TPSA) is 90.3 Å². The third kappa shape index (κ3) is 4.53. The number of nitrogens with zero attached hydrogens (tertiary/aromatic N) is 2. The first kappa shape index (κ1) is 23.0. The molecule has 0 atom stereocenters. The number of rotatable bonds is 5. The van der Waals surface area contributed by atoms with Crippen molar-refractivity contribution in [1.82, 2.24) is 14.5 Å². The third-order valence-electron chi connectivity index (χ3n) is 5.93. The van der Waals surface area contributed by atoms with Gasteiger partial charge in [-0.25, -0.2) is 13.1 Å². The number of nitrogens with one attached hydrogen (secondary N) is 1. The van der Waals surface area contributed by atoms with Gasteiger partial charge < -0.3 is 4.74 Å². The number of para-hydroxylation sites is 1. The van der Waals surface area contributed by atoms with Crippen molar-refractivity contribution in [2.24, 2.45) is 0 Å². The zero-order valence-electron chi connectivity index (χ0n) is 19.6. The van der Waals surface area contributed by atoms with Crippen molar-refractivity contribution in [1.29, 1.82) is 0 Å². The van der Waals surface area contributed by atoms with E-state index in [-0.39, 0.29) is 16.0 Å². The molecule has 0 spiro atoms. The summed E-state index contributed by atoms with van der Waals surface area (Å²) in [5, 5.41) is 4.68. The van der Waals surface area contributed by atoms with Gasteiger partial charge in [-0.05, 0) is 48.2 Å². The highest BCUT2D eigenvalue weighted by atomic mass is 32.2. The molecule has 2 aromatic carbocycles. The molecular formula is C25H29N3O4S. The summed E-state index contributed by atoms with van der Waals surface area (Å²) in [5.74, 6) is -0.405. The third-order valence-corrected chi connectivity index (χ3v) is 7.28. The van der Waals surface area contributed by atoms with Gasteiger partial charge in [-0.2, -0.15) is 5.10 Å². The van der Waals surface area contributed by atoms with Crippen molar-refractivity contribution in [2.75, 3.05) is 6.61 Å². The van der Waals surface area contributed by atoms with Crippen molar-refractivity contribution < 1.29 is 17.9 Å². The summed E-state index contributed by atoms with van der Waals surface area (Å²) in [6.45, 7) is 10.8. The number of benzene rings is 2. The first-order valence-electron chi connectivity index (χ1n) is 10.9. The lowest BCUT2D eigenvalue weighted by atomic mass is 9.92. The number of sulfonamides is 1. The van der Waals surface area contributed by atoms with Gasteiger partial charge in [0.25, 0.3) is 15.9 Å². The number of amides is 1. The summed E-state index contributed by atoms with van der Waals surface area (Å²) < 4.78 is 35.6. The van der Waals surface area contributed by atoms with Crippen molar-refractivity contribution in [3.05, 3.63) is 76.1 Å². The molecule has 1 aliphatic rings. The van der Waals surface area contributed by atoms with Crippen LogP contribution in [-0.2, 0) is 28.4 Å². The van der Waals surface area contributed by atoms with Crippen LogP contribution in [0.25, 0.3) is 0 Å². The molecule has 0 aliphatic carbocycles. The van der Waals surface area contributed by atoms with Gasteiger partial charge in [0.2, 0.25) is 0 Å². The number of carbonyl (C=O) groups excluding carboxylic acids is 1. The van der Waals surface area contributed by atoms with E-state index in [1.165, 1.54) is 6.07 Å². The molecule has 1 aromatic heterocycles. The van der Waals surface area contributed by atoms with E-state index in [1.54, 1.807) is 16.8 Å². The number of hydrogen-bond acceptors (Lipinski definition) is 5. The van der Waals surface area contributed by atoms with Crippen LogP contribution >= 0.6 is 0 Å². The van der Waals surface area contributed by atoms with Crippen LogP contribution in [0.4, 0.5) is 0 Å². The standard InChI is InChI=1S/C25H29N3O4S/c1-16-8-6-9-17(2)19(16)15-28-20(14-22(26-28)25(3,4)5)24(29)27-33(30,31)21-11-7-10-18-12-13-32-23(18)21/h6-11,14H,12-13,15H2,1-5H3,(H,27,29). The summed E-state index contributed by atoms with van der Waals surface area (Å²) in [7, 11) is -4.13. The summed E-state index contributed by atoms with van der Waals surface area (Å²) in [6.07, 6.45) is 0.643. The first-order valence-corrected chi connectivity index (χ1v) is 12.4. The van der Waals surface area contributed by atoms with E-state index in [0.717, 1.165) is 22.3 Å². The van der Waals surface area contributed by atoms with Crippen molar-refractivity contribution in [2.45, 2.75) is 57.9 Å². The molecule has 2 heterocycles. The molecule has 0 bridgehead atoms. The Labute approximate surface area is 194 Å².